The molecule has 0 bridgehead atoms. The molecule has 13 heteroatoms. The van der Waals surface area contributed by atoms with Crippen molar-refractivity contribution in [3.8, 4) is 10.6 Å². The van der Waals surface area contributed by atoms with Gasteiger partial charge in [0, 0.05) is 39.8 Å². The lowest BCUT2D eigenvalue weighted by molar-refractivity contribution is 0.203. The molecule has 0 atom stereocenters. The van der Waals surface area contributed by atoms with Gasteiger partial charge < -0.3 is 15.4 Å². The molecule has 0 amide bonds. The second-order valence-corrected chi connectivity index (χ2v) is 9.54. The van der Waals surface area contributed by atoms with E-state index in [4.69, 9.17) is 4.74 Å². The van der Waals surface area contributed by atoms with Crippen LogP contribution in [0.5, 0.6) is 0 Å². The number of nitrogens with zero attached hydrogens (tertiary/aromatic N) is 4. The fourth-order valence-corrected chi connectivity index (χ4v) is 5.23. The van der Waals surface area contributed by atoms with E-state index in [-0.39, 0.29) is 18.3 Å². The number of aryl methyl sites for hydroxylation is 1. The van der Waals surface area contributed by atoms with Crippen molar-refractivity contribution >= 4 is 32.6 Å². The summed E-state index contributed by atoms with van der Waals surface area (Å²) in [5.74, 6) is -0.206. The van der Waals surface area contributed by atoms with Crippen LogP contribution in [0.3, 0.4) is 0 Å². The van der Waals surface area contributed by atoms with E-state index in [9.17, 15) is 12.8 Å². The van der Waals surface area contributed by atoms with Crippen molar-refractivity contribution in [1.82, 2.24) is 24.0 Å². The average molecular weight is 460 g/mol. The molecule has 166 valence electrons. The maximum absolute atomic E-state index is 14.4. The lowest BCUT2D eigenvalue weighted by Crippen LogP contribution is -2.47. The largest absolute Gasteiger partial charge is 0.383 e. The molecule has 0 saturated carbocycles. The molecule has 3 N–H and O–H groups in total. The Hall–Kier alpha value is -1.93. The Bertz CT molecular complexity index is 962. The number of halogens is 1. The van der Waals surface area contributed by atoms with E-state index >= 15 is 0 Å². The lowest BCUT2D eigenvalue weighted by atomic mass is 10.1. The minimum Gasteiger partial charge on any atom is -0.383 e. The molecule has 2 aromatic heterocycles. The number of piperidine rings is 1. The molecule has 0 aliphatic carbocycles. The van der Waals surface area contributed by atoms with Gasteiger partial charge in [0.05, 0.1) is 23.4 Å². The number of thiazole rings is 1. The highest BCUT2D eigenvalue weighted by molar-refractivity contribution is 7.87. The lowest BCUT2D eigenvalue weighted by Gasteiger charge is -2.31. The Balaban J connectivity index is 1.63. The molecule has 1 aliphatic rings. The predicted octanol–water partition coefficient (Wildman–Crippen LogP) is 1.45. The van der Waals surface area contributed by atoms with Crippen molar-refractivity contribution in [3.05, 3.63) is 17.7 Å². The second kappa shape index (κ2) is 9.92. The van der Waals surface area contributed by atoms with Crippen molar-refractivity contribution < 1.29 is 17.5 Å². The molecule has 2 aromatic rings. The van der Waals surface area contributed by atoms with E-state index in [1.165, 1.54) is 22.8 Å². The molecule has 1 aliphatic heterocycles. The average Bonchev–Trinajstić information content (AvgIpc) is 3.10. The van der Waals surface area contributed by atoms with Crippen molar-refractivity contribution in [1.29, 1.82) is 0 Å². The third kappa shape index (κ3) is 5.40. The Morgan fingerprint density at radius 2 is 2.07 bits per heavy atom. The number of nitrogens with one attached hydrogen (secondary N) is 3. The van der Waals surface area contributed by atoms with E-state index in [1.54, 1.807) is 14.0 Å². The van der Waals surface area contributed by atoms with Crippen LogP contribution in [0.15, 0.2) is 6.20 Å². The van der Waals surface area contributed by atoms with E-state index in [2.05, 4.69) is 30.3 Å². The summed E-state index contributed by atoms with van der Waals surface area (Å²) >= 11 is 1.32. The van der Waals surface area contributed by atoms with Crippen LogP contribution in [0, 0.1) is 12.7 Å². The predicted molar refractivity (Wildman–Crippen MR) is 114 cm³/mol. The first-order valence-corrected chi connectivity index (χ1v) is 11.8. The topological polar surface area (TPSA) is 121 Å². The maximum atomic E-state index is 14.4. The molecule has 30 heavy (non-hydrogen) atoms. The van der Waals surface area contributed by atoms with E-state index < -0.39 is 16.0 Å². The number of hydrogen-bond donors (Lipinski definition) is 3. The van der Waals surface area contributed by atoms with Gasteiger partial charge in [0.2, 0.25) is 5.95 Å². The fraction of sp³-hybridized carbons (Fsp3) is 0.588. The van der Waals surface area contributed by atoms with Crippen LogP contribution in [0.1, 0.15) is 18.5 Å². The summed E-state index contributed by atoms with van der Waals surface area (Å²) in [4.78, 5) is 13.4. The standard InChI is InChI=1S/C17H26FN7O3S2/c1-11-15(29-17(19-2)22-11)14-13(18)10-20-16(24-14)23-12-4-7-25(8-5-12)30(26,27)21-6-9-28-3/h10,12,21H,4-9H2,1-3H3,(H,19,22)(H,20,23,24). The Kier molecular flexibility index (Phi) is 7.52. The molecule has 0 radical (unpaired) electrons. The second-order valence-electron chi connectivity index (χ2n) is 6.78. The number of rotatable bonds is 9. The summed E-state index contributed by atoms with van der Waals surface area (Å²) in [5.41, 5.74) is 0.888. The number of aromatic nitrogens is 3. The number of methoxy groups -OCH3 is 1. The summed E-state index contributed by atoms with van der Waals surface area (Å²) in [6.07, 6.45) is 2.32. The van der Waals surface area contributed by atoms with Gasteiger partial charge in [-0.05, 0) is 19.8 Å². The van der Waals surface area contributed by atoms with E-state index in [0.29, 0.717) is 54.2 Å². The van der Waals surface area contributed by atoms with Gasteiger partial charge in [-0.2, -0.15) is 17.4 Å². The first-order chi connectivity index (χ1) is 14.3. The van der Waals surface area contributed by atoms with Gasteiger partial charge in [-0.25, -0.2) is 19.3 Å². The van der Waals surface area contributed by atoms with E-state index in [1.807, 2.05) is 0 Å². The van der Waals surface area contributed by atoms with Gasteiger partial charge in [0.15, 0.2) is 10.9 Å². The van der Waals surface area contributed by atoms with Crippen LogP contribution >= 0.6 is 11.3 Å². The van der Waals surface area contributed by atoms with Gasteiger partial charge in [0.1, 0.15) is 5.69 Å². The third-order valence-electron chi connectivity index (χ3n) is 4.69. The zero-order valence-electron chi connectivity index (χ0n) is 17.1. The van der Waals surface area contributed by atoms with Crippen molar-refractivity contribution in [3.63, 3.8) is 0 Å². The van der Waals surface area contributed by atoms with Crippen molar-refractivity contribution in [2.75, 3.05) is 51.0 Å². The number of hydrogen-bond acceptors (Lipinski definition) is 9. The molecule has 3 rings (SSSR count). The van der Waals surface area contributed by atoms with Crippen LogP contribution in [0.4, 0.5) is 15.5 Å². The molecular weight excluding hydrogens is 433 g/mol. The first-order valence-electron chi connectivity index (χ1n) is 9.52. The summed E-state index contributed by atoms with van der Waals surface area (Å²) in [6.45, 7) is 3.09. The summed E-state index contributed by atoms with van der Waals surface area (Å²) in [5, 5.41) is 6.83. The van der Waals surface area contributed by atoms with Crippen molar-refractivity contribution in [2.45, 2.75) is 25.8 Å². The zero-order chi connectivity index (χ0) is 21.7. The van der Waals surface area contributed by atoms with Crippen LogP contribution in [0.2, 0.25) is 0 Å². The van der Waals surface area contributed by atoms with Crippen LogP contribution in [-0.2, 0) is 14.9 Å². The molecule has 1 fully saturated rings. The quantitative estimate of drug-likeness (QED) is 0.482. The number of ether oxygens (including phenoxy) is 1. The summed E-state index contributed by atoms with van der Waals surface area (Å²) in [6, 6.07) is -0.0100. The molecule has 3 heterocycles. The Morgan fingerprint density at radius 1 is 1.33 bits per heavy atom. The highest BCUT2D eigenvalue weighted by Gasteiger charge is 2.28. The summed E-state index contributed by atoms with van der Waals surface area (Å²) < 4.78 is 47.7. The maximum Gasteiger partial charge on any atom is 0.279 e. The smallest absolute Gasteiger partial charge is 0.279 e. The van der Waals surface area contributed by atoms with Crippen LogP contribution < -0.4 is 15.4 Å². The normalized spacial score (nSPS) is 16.0. The minimum atomic E-state index is -3.52. The van der Waals surface area contributed by atoms with Crippen molar-refractivity contribution in [2.24, 2.45) is 0 Å². The van der Waals surface area contributed by atoms with Gasteiger partial charge in [-0.15, -0.1) is 0 Å². The van der Waals surface area contributed by atoms with E-state index in [0.717, 1.165) is 6.20 Å². The minimum absolute atomic E-state index is 0.0100. The van der Waals surface area contributed by atoms with Gasteiger partial charge in [-0.1, -0.05) is 11.3 Å². The highest BCUT2D eigenvalue weighted by atomic mass is 32.2. The third-order valence-corrected chi connectivity index (χ3v) is 7.48. The Morgan fingerprint density at radius 3 is 2.70 bits per heavy atom. The van der Waals surface area contributed by atoms with Crippen LogP contribution in [0.25, 0.3) is 10.6 Å². The molecule has 0 spiro atoms. The summed E-state index contributed by atoms with van der Waals surface area (Å²) in [7, 11) is -0.249. The van der Waals surface area contributed by atoms with Gasteiger partial charge in [-0.3, -0.25) is 0 Å². The van der Waals surface area contributed by atoms with Crippen LogP contribution in [-0.4, -0.2) is 74.1 Å². The SMILES string of the molecule is CNc1nc(C)c(-c2nc(NC3CCN(S(=O)(=O)NCCOC)CC3)ncc2F)s1. The molecule has 10 nitrogen and oxygen atoms in total. The molecular formula is C17H26FN7O3S2. The van der Waals surface area contributed by atoms with Gasteiger partial charge in [0.25, 0.3) is 10.2 Å². The molecule has 0 unspecified atom stereocenters. The molecule has 1 saturated heterocycles. The van der Waals surface area contributed by atoms with Gasteiger partial charge >= 0.3 is 0 Å². The highest BCUT2D eigenvalue weighted by Crippen LogP contribution is 2.33. The number of anilines is 2. The first kappa shape index (κ1) is 22.7. The monoisotopic (exact) mass is 459 g/mol. The molecule has 0 aromatic carbocycles. The zero-order valence-corrected chi connectivity index (χ0v) is 18.7. The Labute approximate surface area is 179 Å². The fourth-order valence-electron chi connectivity index (χ4n) is 3.11.